The number of rotatable bonds is 2. The minimum atomic E-state index is 0.671. The minimum Gasteiger partial charge on any atom is -0.360 e. The molecule has 0 aliphatic heterocycles. The number of nitrogens with zero attached hydrogens (tertiary/aromatic N) is 3. The van der Waals surface area contributed by atoms with Crippen LogP contribution in [0.15, 0.2) is 28.8 Å². The molecule has 60 valence electrons. The van der Waals surface area contributed by atoms with Gasteiger partial charge in [0.15, 0.2) is 0 Å². The van der Waals surface area contributed by atoms with Crippen molar-refractivity contribution in [2.45, 2.75) is 0 Å². The second-order valence-corrected chi connectivity index (χ2v) is 2.92. The molecular formula is C7H6N4S. The van der Waals surface area contributed by atoms with E-state index in [1.807, 2.05) is 18.3 Å². The standard InChI is InChI=1S/C7H6N4S/c1-2-6(8-3-1)4-9-7-11-10-5-12-7/h1-5,8H/b9-4+. The van der Waals surface area contributed by atoms with Gasteiger partial charge in [-0.1, -0.05) is 11.3 Å². The molecule has 0 bridgehead atoms. The lowest BCUT2D eigenvalue weighted by atomic mass is 10.5. The molecule has 0 saturated heterocycles. The molecule has 0 saturated carbocycles. The third-order valence-corrected chi connectivity index (χ3v) is 1.88. The lowest BCUT2D eigenvalue weighted by Crippen LogP contribution is -1.77. The van der Waals surface area contributed by atoms with Crippen LogP contribution < -0.4 is 0 Å². The van der Waals surface area contributed by atoms with Gasteiger partial charge in [0.05, 0.1) is 11.9 Å². The van der Waals surface area contributed by atoms with E-state index >= 15 is 0 Å². The quantitative estimate of drug-likeness (QED) is 0.710. The zero-order chi connectivity index (χ0) is 8.23. The van der Waals surface area contributed by atoms with Crippen molar-refractivity contribution in [2.24, 2.45) is 4.99 Å². The molecule has 5 heteroatoms. The number of H-pyrrole nitrogens is 1. The van der Waals surface area contributed by atoms with E-state index in [0.29, 0.717) is 5.13 Å². The van der Waals surface area contributed by atoms with Gasteiger partial charge in [-0.25, -0.2) is 4.99 Å². The van der Waals surface area contributed by atoms with Crippen LogP contribution in [0.3, 0.4) is 0 Å². The maximum absolute atomic E-state index is 4.10. The maximum Gasteiger partial charge on any atom is 0.231 e. The first-order chi connectivity index (χ1) is 5.95. The molecular weight excluding hydrogens is 172 g/mol. The van der Waals surface area contributed by atoms with E-state index in [9.17, 15) is 0 Å². The largest absolute Gasteiger partial charge is 0.360 e. The summed E-state index contributed by atoms with van der Waals surface area (Å²) in [5.41, 5.74) is 2.62. The van der Waals surface area contributed by atoms with E-state index in [0.717, 1.165) is 5.69 Å². The predicted octanol–water partition coefficient (Wildman–Crippen LogP) is 1.62. The Bertz CT molecular complexity index is 312. The minimum absolute atomic E-state index is 0.671. The molecule has 0 aromatic carbocycles. The van der Waals surface area contributed by atoms with Crippen LogP contribution in [0.1, 0.15) is 5.69 Å². The summed E-state index contributed by atoms with van der Waals surface area (Å²) in [4.78, 5) is 7.10. The third-order valence-electron chi connectivity index (χ3n) is 1.28. The summed E-state index contributed by atoms with van der Waals surface area (Å²) >= 11 is 1.41. The van der Waals surface area contributed by atoms with Gasteiger partial charge in [0.1, 0.15) is 5.51 Å². The molecule has 0 aliphatic carbocycles. The molecule has 0 fully saturated rings. The first-order valence-electron chi connectivity index (χ1n) is 3.39. The lowest BCUT2D eigenvalue weighted by molar-refractivity contribution is 1.08. The average Bonchev–Trinajstić information content (AvgIpc) is 2.74. The Morgan fingerprint density at radius 1 is 1.58 bits per heavy atom. The van der Waals surface area contributed by atoms with Crippen LogP contribution in [-0.4, -0.2) is 21.4 Å². The van der Waals surface area contributed by atoms with Crippen LogP contribution >= 0.6 is 11.3 Å². The van der Waals surface area contributed by atoms with Crippen molar-refractivity contribution in [2.75, 3.05) is 0 Å². The summed E-state index contributed by atoms with van der Waals surface area (Å²) in [6, 6.07) is 3.85. The van der Waals surface area contributed by atoms with Crippen LogP contribution in [0.2, 0.25) is 0 Å². The summed E-state index contributed by atoms with van der Waals surface area (Å²) in [6.07, 6.45) is 3.57. The molecule has 0 unspecified atom stereocenters. The van der Waals surface area contributed by atoms with Gasteiger partial charge >= 0.3 is 0 Å². The Labute approximate surface area is 73.0 Å². The third kappa shape index (κ3) is 1.57. The van der Waals surface area contributed by atoms with Crippen molar-refractivity contribution >= 4 is 22.7 Å². The molecule has 4 nitrogen and oxygen atoms in total. The van der Waals surface area contributed by atoms with Crippen molar-refractivity contribution in [1.82, 2.24) is 15.2 Å². The molecule has 0 spiro atoms. The zero-order valence-electron chi connectivity index (χ0n) is 6.14. The van der Waals surface area contributed by atoms with Crippen molar-refractivity contribution in [3.8, 4) is 0 Å². The fraction of sp³-hybridized carbons (Fsp3) is 0. The van der Waals surface area contributed by atoms with Gasteiger partial charge in [-0.3, -0.25) is 0 Å². The van der Waals surface area contributed by atoms with Crippen molar-refractivity contribution in [3.05, 3.63) is 29.5 Å². The highest BCUT2D eigenvalue weighted by Crippen LogP contribution is 2.11. The fourth-order valence-electron chi connectivity index (χ4n) is 0.773. The summed E-state index contributed by atoms with van der Waals surface area (Å²) in [5.74, 6) is 0. The van der Waals surface area contributed by atoms with Crippen molar-refractivity contribution < 1.29 is 0 Å². The summed E-state index contributed by atoms with van der Waals surface area (Å²) in [6.45, 7) is 0. The normalized spacial score (nSPS) is 11.0. The van der Waals surface area contributed by atoms with Gasteiger partial charge < -0.3 is 4.98 Å². The number of aromatic nitrogens is 3. The van der Waals surface area contributed by atoms with E-state index < -0.39 is 0 Å². The first kappa shape index (κ1) is 7.17. The van der Waals surface area contributed by atoms with E-state index in [2.05, 4.69) is 20.2 Å². The van der Waals surface area contributed by atoms with Gasteiger partial charge in [-0.2, -0.15) is 0 Å². The molecule has 2 aromatic rings. The number of nitrogens with one attached hydrogen (secondary N) is 1. The van der Waals surface area contributed by atoms with Crippen LogP contribution in [0.5, 0.6) is 0 Å². The summed E-state index contributed by atoms with van der Waals surface area (Å²) in [7, 11) is 0. The first-order valence-corrected chi connectivity index (χ1v) is 4.27. The van der Waals surface area contributed by atoms with Crippen molar-refractivity contribution in [1.29, 1.82) is 0 Å². The van der Waals surface area contributed by atoms with E-state index in [4.69, 9.17) is 0 Å². The SMILES string of the molecule is C(=N\c1nncs1)/c1ccc[nH]1. The smallest absolute Gasteiger partial charge is 0.231 e. The molecule has 2 rings (SSSR count). The lowest BCUT2D eigenvalue weighted by Gasteiger charge is -1.81. The molecule has 0 atom stereocenters. The van der Waals surface area contributed by atoms with Crippen LogP contribution in [0.25, 0.3) is 0 Å². The van der Waals surface area contributed by atoms with E-state index in [1.54, 1.807) is 11.7 Å². The number of aliphatic imine (C=N–C) groups is 1. The molecule has 2 aromatic heterocycles. The average molecular weight is 178 g/mol. The number of aromatic amines is 1. The molecule has 0 amide bonds. The Morgan fingerprint density at radius 3 is 3.25 bits per heavy atom. The molecule has 2 heterocycles. The second-order valence-electron chi connectivity index (χ2n) is 2.10. The Kier molecular flexibility index (Phi) is 1.96. The van der Waals surface area contributed by atoms with Gasteiger partial charge in [0.2, 0.25) is 5.13 Å². The summed E-state index contributed by atoms with van der Waals surface area (Å²) in [5, 5.41) is 8.11. The highest BCUT2D eigenvalue weighted by Gasteiger charge is 1.90. The van der Waals surface area contributed by atoms with Gasteiger partial charge in [0.25, 0.3) is 0 Å². The van der Waals surface area contributed by atoms with Crippen molar-refractivity contribution in [3.63, 3.8) is 0 Å². The van der Waals surface area contributed by atoms with Gasteiger partial charge in [-0.05, 0) is 12.1 Å². The number of hydrogen-bond acceptors (Lipinski definition) is 4. The number of hydrogen-bond donors (Lipinski definition) is 1. The summed E-state index contributed by atoms with van der Waals surface area (Å²) < 4.78 is 0. The maximum atomic E-state index is 4.10. The Balaban J connectivity index is 2.14. The Hall–Kier alpha value is -1.49. The molecule has 0 aliphatic rings. The highest BCUT2D eigenvalue weighted by molar-refractivity contribution is 7.13. The second kappa shape index (κ2) is 3.27. The molecule has 0 radical (unpaired) electrons. The predicted molar refractivity (Wildman–Crippen MR) is 48.0 cm³/mol. The van der Waals surface area contributed by atoms with Crippen LogP contribution in [0, 0.1) is 0 Å². The highest BCUT2D eigenvalue weighted by atomic mass is 32.1. The van der Waals surface area contributed by atoms with E-state index in [-0.39, 0.29) is 0 Å². The van der Waals surface area contributed by atoms with Gasteiger partial charge in [0, 0.05) is 6.20 Å². The topological polar surface area (TPSA) is 53.9 Å². The Morgan fingerprint density at radius 2 is 2.58 bits per heavy atom. The van der Waals surface area contributed by atoms with Crippen LogP contribution in [-0.2, 0) is 0 Å². The van der Waals surface area contributed by atoms with E-state index in [1.165, 1.54) is 11.3 Å². The fourth-order valence-corrected chi connectivity index (χ4v) is 1.17. The molecule has 12 heavy (non-hydrogen) atoms. The van der Waals surface area contributed by atoms with Gasteiger partial charge in [-0.15, -0.1) is 10.2 Å². The zero-order valence-corrected chi connectivity index (χ0v) is 6.95. The monoisotopic (exact) mass is 178 g/mol. The molecule has 1 N–H and O–H groups in total. The van der Waals surface area contributed by atoms with Crippen LogP contribution in [0.4, 0.5) is 5.13 Å².